The first-order valence-corrected chi connectivity index (χ1v) is 11.3. The van der Waals surface area contributed by atoms with E-state index >= 15 is 0 Å². The lowest BCUT2D eigenvalue weighted by atomic mass is 10.1. The molecule has 2 rings (SSSR count). The van der Waals surface area contributed by atoms with Crippen molar-refractivity contribution in [1.29, 1.82) is 0 Å². The maximum atomic E-state index is 13.1. The molecule has 0 unspecified atom stereocenters. The van der Waals surface area contributed by atoms with Crippen LogP contribution in [-0.4, -0.2) is 42.5 Å². The highest BCUT2D eigenvalue weighted by Gasteiger charge is 2.26. The molecule has 6 heteroatoms. The fourth-order valence-electron chi connectivity index (χ4n) is 3.17. The van der Waals surface area contributed by atoms with E-state index in [-0.39, 0.29) is 17.9 Å². The van der Waals surface area contributed by atoms with Crippen LogP contribution >= 0.6 is 0 Å². The van der Waals surface area contributed by atoms with Gasteiger partial charge in [-0.3, -0.25) is 9.59 Å². The third kappa shape index (κ3) is 7.91. The van der Waals surface area contributed by atoms with Crippen LogP contribution in [-0.2, 0) is 16.1 Å². The van der Waals surface area contributed by atoms with Crippen LogP contribution in [0, 0.1) is 6.92 Å². The van der Waals surface area contributed by atoms with E-state index in [1.165, 1.54) is 5.56 Å². The van der Waals surface area contributed by atoms with Crippen molar-refractivity contribution in [2.45, 2.75) is 65.6 Å². The van der Waals surface area contributed by atoms with Gasteiger partial charge in [-0.15, -0.1) is 0 Å². The molecule has 6 nitrogen and oxygen atoms in total. The zero-order valence-corrected chi connectivity index (χ0v) is 19.9. The van der Waals surface area contributed by atoms with Gasteiger partial charge in [-0.05, 0) is 63.4 Å². The van der Waals surface area contributed by atoms with Gasteiger partial charge in [-0.25, -0.2) is 0 Å². The second-order valence-electron chi connectivity index (χ2n) is 8.13. The Balaban J connectivity index is 2.01. The Bertz CT molecular complexity index is 849. The van der Waals surface area contributed by atoms with Gasteiger partial charge in [0.1, 0.15) is 17.5 Å². The van der Waals surface area contributed by atoms with Crippen LogP contribution in [0.15, 0.2) is 48.5 Å². The number of amides is 2. The SMILES string of the molecule is CC[C@@H](C)NC(=O)[C@@H](C)N(Cc1ccc(OC)cc1)C(=O)CCCOc1ccc(C)cc1. The van der Waals surface area contributed by atoms with Crippen LogP contribution in [0.3, 0.4) is 0 Å². The second-order valence-corrected chi connectivity index (χ2v) is 8.13. The number of carbonyl (C=O) groups excluding carboxylic acids is 2. The summed E-state index contributed by atoms with van der Waals surface area (Å²) in [6.07, 6.45) is 1.72. The maximum absolute atomic E-state index is 13.1. The predicted octanol–water partition coefficient (Wildman–Crippen LogP) is 4.49. The summed E-state index contributed by atoms with van der Waals surface area (Å²) in [4.78, 5) is 27.5. The minimum atomic E-state index is -0.573. The average Bonchev–Trinajstić information content (AvgIpc) is 2.81. The topological polar surface area (TPSA) is 67.9 Å². The van der Waals surface area contributed by atoms with E-state index in [9.17, 15) is 9.59 Å². The molecule has 32 heavy (non-hydrogen) atoms. The third-order valence-corrected chi connectivity index (χ3v) is 5.50. The second kappa shape index (κ2) is 12.7. The highest BCUT2D eigenvalue weighted by atomic mass is 16.5. The van der Waals surface area contributed by atoms with Crippen LogP contribution in [0.1, 0.15) is 51.2 Å². The standard InChI is InChI=1S/C26H36N2O4/c1-6-20(3)27-26(30)21(4)28(18-22-11-15-23(31-5)16-12-22)25(29)8-7-17-32-24-13-9-19(2)10-14-24/h9-16,20-21H,6-8,17-18H2,1-5H3,(H,27,30)/t20-,21-/m1/s1. The van der Waals surface area contributed by atoms with Gasteiger partial charge in [0.2, 0.25) is 11.8 Å². The zero-order chi connectivity index (χ0) is 23.5. The molecule has 0 aliphatic rings. The van der Waals surface area contributed by atoms with Gasteiger partial charge < -0.3 is 19.7 Å². The maximum Gasteiger partial charge on any atom is 0.242 e. The molecular formula is C26H36N2O4. The van der Waals surface area contributed by atoms with E-state index in [1.807, 2.05) is 69.3 Å². The summed E-state index contributed by atoms with van der Waals surface area (Å²) in [5.41, 5.74) is 2.12. The molecule has 2 amide bonds. The molecule has 0 aliphatic heterocycles. The lowest BCUT2D eigenvalue weighted by molar-refractivity contribution is -0.141. The number of hydrogen-bond donors (Lipinski definition) is 1. The number of methoxy groups -OCH3 is 1. The number of benzene rings is 2. The molecule has 0 heterocycles. The molecule has 174 valence electrons. The molecule has 0 saturated heterocycles. The molecule has 0 aromatic heterocycles. The summed E-state index contributed by atoms with van der Waals surface area (Å²) in [6.45, 7) is 8.59. The quantitative estimate of drug-likeness (QED) is 0.494. The molecule has 2 aromatic carbocycles. The van der Waals surface area contributed by atoms with Crippen molar-refractivity contribution >= 4 is 11.8 Å². The summed E-state index contributed by atoms with van der Waals surface area (Å²) in [5.74, 6) is 1.33. The van der Waals surface area contributed by atoms with Gasteiger partial charge in [0.25, 0.3) is 0 Å². The first-order chi connectivity index (χ1) is 15.3. The van der Waals surface area contributed by atoms with Crippen LogP contribution in [0.4, 0.5) is 0 Å². The van der Waals surface area contributed by atoms with Crippen molar-refractivity contribution in [2.24, 2.45) is 0 Å². The van der Waals surface area contributed by atoms with Crippen LogP contribution in [0.25, 0.3) is 0 Å². The first kappa shape index (κ1) is 25.2. The molecule has 0 saturated carbocycles. The van der Waals surface area contributed by atoms with Crippen molar-refractivity contribution in [2.75, 3.05) is 13.7 Å². The lowest BCUT2D eigenvalue weighted by Crippen LogP contribution is -2.49. The number of carbonyl (C=O) groups is 2. The Hall–Kier alpha value is -3.02. The summed E-state index contributed by atoms with van der Waals surface area (Å²) < 4.78 is 11.0. The molecule has 0 bridgehead atoms. The highest BCUT2D eigenvalue weighted by molar-refractivity contribution is 5.87. The van der Waals surface area contributed by atoms with Gasteiger partial charge in [0.05, 0.1) is 13.7 Å². The smallest absolute Gasteiger partial charge is 0.242 e. The van der Waals surface area contributed by atoms with Crippen LogP contribution in [0.2, 0.25) is 0 Å². The molecule has 2 atom stereocenters. The van der Waals surface area contributed by atoms with Crippen molar-refractivity contribution in [3.63, 3.8) is 0 Å². The minimum Gasteiger partial charge on any atom is -0.497 e. The zero-order valence-electron chi connectivity index (χ0n) is 19.9. The minimum absolute atomic E-state index is 0.0609. The fraction of sp³-hybridized carbons (Fsp3) is 0.462. The van der Waals surface area contributed by atoms with Gasteiger partial charge in [0, 0.05) is 19.0 Å². The van der Waals surface area contributed by atoms with E-state index < -0.39 is 6.04 Å². The number of aryl methyl sites for hydroxylation is 1. The number of rotatable bonds is 12. The summed E-state index contributed by atoms with van der Waals surface area (Å²) in [5, 5.41) is 2.98. The van der Waals surface area contributed by atoms with Gasteiger partial charge >= 0.3 is 0 Å². The van der Waals surface area contributed by atoms with Gasteiger partial charge in [-0.1, -0.05) is 36.8 Å². The summed E-state index contributed by atoms with van der Waals surface area (Å²) in [7, 11) is 1.62. The summed E-state index contributed by atoms with van der Waals surface area (Å²) in [6, 6.07) is 14.9. The number of nitrogens with zero attached hydrogens (tertiary/aromatic N) is 1. The Labute approximate surface area is 191 Å². The molecule has 1 N–H and O–H groups in total. The molecule has 2 aromatic rings. The number of nitrogens with one attached hydrogen (secondary N) is 1. The Kier molecular flexibility index (Phi) is 10.1. The Morgan fingerprint density at radius 2 is 1.62 bits per heavy atom. The predicted molar refractivity (Wildman–Crippen MR) is 127 cm³/mol. The molecule has 0 aliphatic carbocycles. The van der Waals surface area contributed by atoms with Crippen LogP contribution < -0.4 is 14.8 Å². The van der Waals surface area contributed by atoms with Crippen molar-refractivity contribution in [3.05, 3.63) is 59.7 Å². The van der Waals surface area contributed by atoms with Crippen LogP contribution in [0.5, 0.6) is 11.5 Å². The normalized spacial score (nSPS) is 12.5. The Morgan fingerprint density at radius 1 is 1.00 bits per heavy atom. The fourth-order valence-corrected chi connectivity index (χ4v) is 3.17. The molecule has 0 fully saturated rings. The van der Waals surface area contributed by atoms with Gasteiger partial charge in [-0.2, -0.15) is 0 Å². The van der Waals surface area contributed by atoms with E-state index in [1.54, 1.807) is 18.9 Å². The van der Waals surface area contributed by atoms with E-state index in [0.29, 0.717) is 26.0 Å². The lowest BCUT2D eigenvalue weighted by Gasteiger charge is -2.30. The largest absolute Gasteiger partial charge is 0.497 e. The third-order valence-electron chi connectivity index (χ3n) is 5.50. The van der Waals surface area contributed by atoms with E-state index in [2.05, 4.69) is 5.32 Å². The van der Waals surface area contributed by atoms with E-state index in [4.69, 9.17) is 9.47 Å². The highest BCUT2D eigenvalue weighted by Crippen LogP contribution is 2.17. The Morgan fingerprint density at radius 3 is 2.22 bits per heavy atom. The van der Waals surface area contributed by atoms with Gasteiger partial charge in [0.15, 0.2) is 0 Å². The molecule has 0 spiro atoms. The molecular weight excluding hydrogens is 404 g/mol. The average molecular weight is 441 g/mol. The first-order valence-electron chi connectivity index (χ1n) is 11.3. The van der Waals surface area contributed by atoms with Crippen molar-refractivity contribution in [3.8, 4) is 11.5 Å². The van der Waals surface area contributed by atoms with Crippen molar-refractivity contribution in [1.82, 2.24) is 10.2 Å². The van der Waals surface area contributed by atoms with Crippen molar-refractivity contribution < 1.29 is 19.1 Å². The number of ether oxygens (including phenoxy) is 2. The van der Waals surface area contributed by atoms with E-state index in [0.717, 1.165) is 23.5 Å². The summed E-state index contributed by atoms with van der Waals surface area (Å²) >= 11 is 0. The molecule has 0 radical (unpaired) electrons. The number of hydrogen-bond acceptors (Lipinski definition) is 4. The monoisotopic (exact) mass is 440 g/mol.